The number of aryl methyl sites for hydroxylation is 3. The number of rotatable bonds is 5. The number of fused-ring (bicyclic) bond motifs is 1. The van der Waals surface area contributed by atoms with Crippen molar-refractivity contribution in [1.29, 1.82) is 0 Å². The maximum atomic E-state index is 12.5. The normalized spacial score (nSPS) is 12.2. The molecule has 0 aliphatic carbocycles. The Morgan fingerprint density at radius 2 is 2.17 bits per heavy atom. The first-order valence-electron chi connectivity index (χ1n) is 7.85. The molecule has 126 valence electrons. The minimum Gasteiger partial charge on any atom is -0.316 e. The van der Waals surface area contributed by atoms with Crippen LogP contribution in [-0.4, -0.2) is 32.3 Å². The number of carbonyl (C=O) groups is 1. The second kappa shape index (κ2) is 7.36. The number of hydrogen-bond acceptors (Lipinski definition) is 4. The fourth-order valence-electron chi connectivity index (χ4n) is 2.58. The second-order valence-corrected chi connectivity index (χ2v) is 7.40. The van der Waals surface area contributed by atoms with Gasteiger partial charge in [-0.2, -0.15) is 21.9 Å². The Bertz CT molecular complexity index is 936. The molecule has 0 aliphatic heterocycles. The molecule has 0 fully saturated rings. The van der Waals surface area contributed by atoms with Crippen LogP contribution in [0.4, 0.5) is 0 Å². The molecule has 0 atom stereocenters. The van der Waals surface area contributed by atoms with Gasteiger partial charge >= 0.3 is 0 Å². The Morgan fingerprint density at radius 3 is 2.88 bits per heavy atom. The first-order chi connectivity index (χ1) is 11.6. The molecule has 1 amide bonds. The molecule has 7 heteroatoms. The van der Waals surface area contributed by atoms with E-state index < -0.39 is 0 Å². The first kappa shape index (κ1) is 17.0. The highest BCUT2D eigenvalue weighted by atomic mass is 32.2. The summed E-state index contributed by atoms with van der Waals surface area (Å²) in [5.74, 6) is 0.695. The molecule has 3 rings (SSSR count). The van der Waals surface area contributed by atoms with E-state index in [-0.39, 0.29) is 5.91 Å². The van der Waals surface area contributed by atoms with Crippen LogP contribution in [-0.2, 0) is 13.1 Å². The fraction of sp³-hybridized carbons (Fsp3) is 0.353. The number of thioether (sulfide) groups is 1. The van der Waals surface area contributed by atoms with Crippen LogP contribution in [0, 0.1) is 6.92 Å². The maximum Gasteiger partial charge on any atom is 0.300 e. The van der Waals surface area contributed by atoms with E-state index in [1.54, 1.807) is 29.2 Å². The molecule has 3 aromatic rings. The van der Waals surface area contributed by atoms with E-state index in [0.717, 1.165) is 39.6 Å². The van der Waals surface area contributed by atoms with Gasteiger partial charge in [-0.1, -0.05) is 23.5 Å². The van der Waals surface area contributed by atoms with Crippen molar-refractivity contribution >= 4 is 39.2 Å². The molecule has 0 N–H and O–H groups in total. The molecular formula is C17H20N4OS2. The number of benzene rings is 1. The fourth-order valence-corrected chi connectivity index (χ4v) is 4.00. The number of amides is 1. The van der Waals surface area contributed by atoms with Crippen LogP contribution in [0.2, 0.25) is 0 Å². The molecule has 2 heterocycles. The number of carbonyl (C=O) groups excluding carboxylic acids is 1. The summed E-state index contributed by atoms with van der Waals surface area (Å²) in [6.07, 6.45) is 2.08. The van der Waals surface area contributed by atoms with Crippen molar-refractivity contribution in [3.8, 4) is 0 Å². The van der Waals surface area contributed by atoms with Crippen LogP contribution < -0.4 is 4.80 Å². The van der Waals surface area contributed by atoms with Gasteiger partial charge < -0.3 is 4.57 Å². The second-order valence-electron chi connectivity index (χ2n) is 5.40. The van der Waals surface area contributed by atoms with E-state index in [1.807, 2.05) is 30.7 Å². The van der Waals surface area contributed by atoms with Gasteiger partial charge in [-0.15, -0.1) is 0 Å². The number of aromatic nitrogens is 3. The molecule has 5 nitrogen and oxygen atoms in total. The molecule has 0 unspecified atom stereocenters. The number of para-hydroxylation sites is 1. The molecule has 0 saturated heterocycles. The van der Waals surface area contributed by atoms with Crippen molar-refractivity contribution in [3.63, 3.8) is 0 Å². The Hall–Kier alpha value is -1.86. The van der Waals surface area contributed by atoms with Crippen molar-refractivity contribution in [2.75, 3.05) is 12.0 Å². The first-order valence-corrected chi connectivity index (χ1v) is 10.1. The Labute approximate surface area is 149 Å². The SMILES string of the molecule is CCn1nc(C(=O)N=c2sc3ccccc3n2CCSC)cc1C. The van der Waals surface area contributed by atoms with E-state index in [9.17, 15) is 4.79 Å². The molecule has 2 aromatic heterocycles. The van der Waals surface area contributed by atoms with Crippen molar-refractivity contribution < 1.29 is 4.79 Å². The molecule has 0 spiro atoms. The van der Waals surface area contributed by atoms with E-state index >= 15 is 0 Å². The zero-order chi connectivity index (χ0) is 17.1. The molecule has 0 bridgehead atoms. The van der Waals surface area contributed by atoms with Crippen molar-refractivity contribution in [2.45, 2.75) is 26.9 Å². The summed E-state index contributed by atoms with van der Waals surface area (Å²) in [7, 11) is 0. The Morgan fingerprint density at radius 1 is 1.38 bits per heavy atom. The minimum absolute atomic E-state index is 0.283. The predicted octanol–water partition coefficient (Wildman–Crippen LogP) is 3.33. The van der Waals surface area contributed by atoms with Gasteiger partial charge in [0.05, 0.1) is 10.2 Å². The number of hydrogen-bond donors (Lipinski definition) is 0. The summed E-state index contributed by atoms with van der Waals surface area (Å²) in [5, 5.41) is 4.33. The maximum absolute atomic E-state index is 12.5. The standard InChI is InChI=1S/C17H20N4OS2/c1-4-21-12(2)11-13(19-21)16(22)18-17-20(9-10-23-3)14-7-5-6-8-15(14)24-17/h5-8,11H,4,9-10H2,1-3H3. The van der Waals surface area contributed by atoms with Crippen molar-refractivity contribution in [1.82, 2.24) is 14.3 Å². The third-order valence-electron chi connectivity index (χ3n) is 3.80. The van der Waals surface area contributed by atoms with Crippen LogP contribution in [0.15, 0.2) is 35.3 Å². The highest BCUT2D eigenvalue weighted by Gasteiger charge is 2.12. The quantitative estimate of drug-likeness (QED) is 0.701. The lowest BCUT2D eigenvalue weighted by molar-refractivity contribution is 0.0992. The average molecular weight is 361 g/mol. The van der Waals surface area contributed by atoms with Gasteiger partial charge in [-0.3, -0.25) is 9.48 Å². The zero-order valence-corrected chi connectivity index (χ0v) is 15.7. The smallest absolute Gasteiger partial charge is 0.300 e. The van der Waals surface area contributed by atoms with Gasteiger partial charge in [0.2, 0.25) is 0 Å². The number of thiazole rings is 1. The van der Waals surface area contributed by atoms with E-state index in [4.69, 9.17) is 0 Å². The monoisotopic (exact) mass is 360 g/mol. The van der Waals surface area contributed by atoms with Gasteiger partial charge in [-0.05, 0) is 38.3 Å². The lowest BCUT2D eigenvalue weighted by Gasteiger charge is -2.03. The van der Waals surface area contributed by atoms with Crippen LogP contribution >= 0.6 is 23.1 Å². The van der Waals surface area contributed by atoms with Crippen molar-refractivity contribution in [2.24, 2.45) is 4.99 Å². The third kappa shape index (κ3) is 3.32. The highest BCUT2D eigenvalue weighted by Crippen LogP contribution is 2.17. The minimum atomic E-state index is -0.283. The van der Waals surface area contributed by atoms with Crippen LogP contribution in [0.5, 0.6) is 0 Å². The summed E-state index contributed by atoms with van der Waals surface area (Å²) in [4.78, 5) is 17.6. The Balaban J connectivity index is 2.06. The topological polar surface area (TPSA) is 52.2 Å². The lowest BCUT2D eigenvalue weighted by atomic mass is 10.3. The van der Waals surface area contributed by atoms with Crippen LogP contribution in [0.25, 0.3) is 10.2 Å². The van der Waals surface area contributed by atoms with Gasteiger partial charge in [-0.25, -0.2) is 0 Å². The summed E-state index contributed by atoms with van der Waals surface area (Å²) >= 11 is 3.33. The molecule has 0 aliphatic rings. The summed E-state index contributed by atoms with van der Waals surface area (Å²) < 4.78 is 5.08. The van der Waals surface area contributed by atoms with Crippen LogP contribution in [0.1, 0.15) is 23.1 Å². The molecule has 24 heavy (non-hydrogen) atoms. The van der Waals surface area contributed by atoms with Gasteiger partial charge in [0.25, 0.3) is 5.91 Å². The van der Waals surface area contributed by atoms with Gasteiger partial charge in [0, 0.05) is 24.5 Å². The molecular weight excluding hydrogens is 340 g/mol. The molecule has 0 saturated carbocycles. The lowest BCUT2D eigenvalue weighted by Crippen LogP contribution is -2.18. The predicted molar refractivity (Wildman–Crippen MR) is 101 cm³/mol. The zero-order valence-electron chi connectivity index (χ0n) is 14.0. The summed E-state index contributed by atoms with van der Waals surface area (Å²) in [6.45, 7) is 5.54. The molecule has 0 radical (unpaired) electrons. The van der Waals surface area contributed by atoms with E-state index in [2.05, 4.69) is 33.0 Å². The highest BCUT2D eigenvalue weighted by molar-refractivity contribution is 7.98. The van der Waals surface area contributed by atoms with Gasteiger partial charge in [0.15, 0.2) is 10.5 Å². The average Bonchev–Trinajstić information content (AvgIpc) is 3.13. The van der Waals surface area contributed by atoms with E-state index in [1.165, 1.54) is 0 Å². The van der Waals surface area contributed by atoms with E-state index in [0.29, 0.717) is 5.69 Å². The number of nitrogens with zero attached hydrogens (tertiary/aromatic N) is 4. The molecule has 1 aromatic carbocycles. The van der Waals surface area contributed by atoms with Crippen LogP contribution in [0.3, 0.4) is 0 Å². The Kier molecular flexibility index (Phi) is 5.20. The van der Waals surface area contributed by atoms with Crippen molar-refractivity contribution in [3.05, 3.63) is 46.5 Å². The summed E-state index contributed by atoms with van der Waals surface area (Å²) in [6, 6.07) is 9.97. The van der Waals surface area contributed by atoms with Gasteiger partial charge in [0.1, 0.15) is 0 Å². The third-order valence-corrected chi connectivity index (χ3v) is 5.45. The largest absolute Gasteiger partial charge is 0.316 e. The summed E-state index contributed by atoms with van der Waals surface area (Å²) in [5.41, 5.74) is 2.50.